The van der Waals surface area contributed by atoms with Gasteiger partial charge in [0.25, 0.3) is 0 Å². The number of hydrogen-bond donors (Lipinski definition) is 1. The van der Waals surface area contributed by atoms with Gasteiger partial charge in [-0.2, -0.15) is 0 Å². The van der Waals surface area contributed by atoms with Crippen molar-refractivity contribution in [2.24, 2.45) is 4.99 Å². The maximum atomic E-state index is 5.59. The smallest absolute Gasteiger partial charge is 0.142 e. The summed E-state index contributed by atoms with van der Waals surface area (Å²) in [6.45, 7) is 5.99. The van der Waals surface area contributed by atoms with E-state index in [9.17, 15) is 0 Å². The molecular weight excluding hydrogens is 252 g/mol. The number of ether oxygens (including phenoxy) is 1. The van der Waals surface area contributed by atoms with Gasteiger partial charge in [0.2, 0.25) is 0 Å². The molecule has 0 bridgehead atoms. The number of nitrogens with zero attached hydrogens (tertiary/aromatic N) is 3. The van der Waals surface area contributed by atoms with Crippen LogP contribution in [-0.4, -0.2) is 64.2 Å². The van der Waals surface area contributed by atoms with E-state index in [1.165, 1.54) is 5.69 Å². The summed E-state index contributed by atoms with van der Waals surface area (Å²) in [6.07, 6.45) is 0. The second kappa shape index (κ2) is 5.71. The molecule has 0 aromatic heterocycles. The molecule has 1 aromatic carbocycles. The number of para-hydroxylation sites is 1. The third-order valence-electron chi connectivity index (χ3n) is 3.97. The average Bonchev–Trinajstić information content (AvgIpc) is 3.01. The van der Waals surface area contributed by atoms with Crippen LogP contribution in [0.4, 0.5) is 5.69 Å². The van der Waals surface area contributed by atoms with Crippen molar-refractivity contribution in [3.05, 3.63) is 23.8 Å². The number of anilines is 1. The first-order valence-electron chi connectivity index (χ1n) is 7.19. The monoisotopic (exact) mass is 274 g/mol. The highest BCUT2D eigenvalue weighted by molar-refractivity contribution is 6.05. The van der Waals surface area contributed by atoms with Crippen LogP contribution in [-0.2, 0) is 0 Å². The maximum Gasteiger partial charge on any atom is 0.142 e. The van der Waals surface area contributed by atoms with E-state index in [0.717, 1.165) is 56.4 Å². The molecule has 0 aliphatic carbocycles. The number of aliphatic imine (C=N–C) groups is 1. The number of piperazine rings is 1. The second-order valence-corrected chi connectivity index (χ2v) is 5.30. The fourth-order valence-corrected chi connectivity index (χ4v) is 2.81. The molecule has 0 atom stereocenters. The third-order valence-corrected chi connectivity index (χ3v) is 3.97. The van der Waals surface area contributed by atoms with Gasteiger partial charge in [0.05, 0.1) is 19.3 Å². The first-order valence-corrected chi connectivity index (χ1v) is 7.19. The van der Waals surface area contributed by atoms with Crippen LogP contribution in [0.15, 0.2) is 23.2 Å². The van der Waals surface area contributed by atoms with Crippen molar-refractivity contribution in [1.29, 1.82) is 0 Å². The normalized spacial score (nSPS) is 19.7. The van der Waals surface area contributed by atoms with Crippen LogP contribution >= 0.6 is 0 Å². The number of methoxy groups -OCH3 is 1. The first kappa shape index (κ1) is 13.2. The molecule has 1 saturated heterocycles. The van der Waals surface area contributed by atoms with Crippen LogP contribution in [0, 0.1) is 0 Å². The molecule has 5 nitrogen and oxygen atoms in total. The maximum absolute atomic E-state index is 5.59. The molecule has 0 unspecified atom stereocenters. The van der Waals surface area contributed by atoms with Crippen molar-refractivity contribution < 1.29 is 4.74 Å². The molecule has 1 fully saturated rings. The summed E-state index contributed by atoms with van der Waals surface area (Å²) in [5.41, 5.74) is 2.34. The molecule has 1 aromatic rings. The van der Waals surface area contributed by atoms with E-state index in [-0.39, 0.29) is 0 Å². The Kier molecular flexibility index (Phi) is 3.78. The molecular formula is C15H22N4O. The number of hydrogen-bond acceptors (Lipinski definition) is 5. The Bertz CT molecular complexity index is 507. The molecule has 3 rings (SSSR count). The minimum absolute atomic E-state index is 0.856. The van der Waals surface area contributed by atoms with Crippen molar-refractivity contribution in [1.82, 2.24) is 10.2 Å². The number of rotatable bonds is 3. The molecule has 20 heavy (non-hydrogen) atoms. The number of benzene rings is 1. The van der Waals surface area contributed by atoms with Crippen molar-refractivity contribution in [3.8, 4) is 5.75 Å². The van der Waals surface area contributed by atoms with Crippen LogP contribution in [0.3, 0.4) is 0 Å². The van der Waals surface area contributed by atoms with Crippen LogP contribution in [0.5, 0.6) is 5.75 Å². The largest absolute Gasteiger partial charge is 0.495 e. The third kappa shape index (κ3) is 2.45. The summed E-state index contributed by atoms with van der Waals surface area (Å²) in [4.78, 5) is 9.34. The summed E-state index contributed by atoms with van der Waals surface area (Å²) in [7, 11) is 3.91. The van der Waals surface area contributed by atoms with Crippen LogP contribution in [0.25, 0.3) is 0 Å². The van der Waals surface area contributed by atoms with Gasteiger partial charge in [-0.25, -0.2) is 0 Å². The lowest BCUT2D eigenvalue weighted by Crippen LogP contribution is -2.45. The van der Waals surface area contributed by atoms with E-state index in [0.29, 0.717) is 0 Å². The molecule has 2 aliphatic rings. The van der Waals surface area contributed by atoms with Gasteiger partial charge in [0.1, 0.15) is 11.6 Å². The van der Waals surface area contributed by atoms with Gasteiger partial charge in [0.15, 0.2) is 0 Å². The Hall–Kier alpha value is -1.75. The zero-order chi connectivity index (χ0) is 13.9. The minimum atomic E-state index is 0.856. The quantitative estimate of drug-likeness (QED) is 0.885. The highest BCUT2D eigenvalue weighted by atomic mass is 16.5. The Balaban J connectivity index is 1.98. The summed E-state index contributed by atoms with van der Waals surface area (Å²) >= 11 is 0. The molecule has 0 saturated carbocycles. The predicted molar refractivity (Wildman–Crippen MR) is 82.1 cm³/mol. The van der Waals surface area contributed by atoms with Crippen LogP contribution in [0.2, 0.25) is 0 Å². The van der Waals surface area contributed by atoms with Crippen molar-refractivity contribution in [2.45, 2.75) is 0 Å². The van der Waals surface area contributed by atoms with E-state index in [1.807, 2.05) is 12.1 Å². The Morgan fingerprint density at radius 2 is 2.00 bits per heavy atom. The molecule has 2 aliphatic heterocycles. The Labute approximate surface area is 120 Å². The SMILES string of the molecule is COc1cccc(C2=NCCN2)c1N1CCN(C)CC1. The molecule has 2 heterocycles. The standard InChI is InChI=1S/C15H22N4O/c1-18-8-10-19(11-9-18)14-12(15-16-6-7-17-15)4-3-5-13(14)20-2/h3-5H,6-11H2,1-2H3,(H,16,17). The Morgan fingerprint density at radius 1 is 1.20 bits per heavy atom. The predicted octanol–water partition coefficient (Wildman–Crippen LogP) is 0.797. The molecule has 1 N–H and O–H groups in total. The highest BCUT2D eigenvalue weighted by Crippen LogP contribution is 2.33. The van der Waals surface area contributed by atoms with Gasteiger partial charge in [-0.05, 0) is 19.2 Å². The number of amidine groups is 1. The van der Waals surface area contributed by atoms with E-state index in [1.54, 1.807) is 7.11 Å². The highest BCUT2D eigenvalue weighted by Gasteiger charge is 2.23. The molecule has 0 radical (unpaired) electrons. The van der Waals surface area contributed by atoms with E-state index in [4.69, 9.17) is 4.74 Å². The van der Waals surface area contributed by atoms with Gasteiger partial charge in [-0.15, -0.1) is 0 Å². The first-order chi connectivity index (χ1) is 9.79. The van der Waals surface area contributed by atoms with E-state index < -0.39 is 0 Å². The summed E-state index contributed by atoms with van der Waals surface area (Å²) in [6, 6.07) is 6.20. The van der Waals surface area contributed by atoms with E-state index in [2.05, 4.69) is 33.2 Å². The summed E-state index contributed by atoms with van der Waals surface area (Å²) in [5.74, 6) is 1.93. The van der Waals surface area contributed by atoms with Gasteiger partial charge < -0.3 is 19.9 Å². The van der Waals surface area contributed by atoms with Gasteiger partial charge in [-0.3, -0.25) is 4.99 Å². The zero-order valence-electron chi connectivity index (χ0n) is 12.2. The van der Waals surface area contributed by atoms with Crippen molar-refractivity contribution >= 4 is 11.5 Å². The molecule has 5 heteroatoms. The van der Waals surface area contributed by atoms with Gasteiger partial charge in [0, 0.05) is 38.3 Å². The lowest BCUT2D eigenvalue weighted by atomic mass is 10.1. The summed E-state index contributed by atoms with van der Waals surface area (Å²) < 4.78 is 5.59. The molecule has 108 valence electrons. The summed E-state index contributed by atoms with van der Waals surface area (Å²) in [5, 5.41) is 3.37. The molecule has 0 amide bonds. The van der Waals surface area contributed by atoms with Crippen LogP contribution in [0.1, 0.15) is 5.56 Å². The zero-order valence-corrected chi connectivity index (χ0v) is 12.2. The van der Waals surface area contributed by atoms with Gasteiger partial charge in [-0.1, -0.05) is 6.07 Å². The average molecular weight is 274 g/mol. The topological polar surface area (TPSA) is 40.1 Å². The fraction of sp³-hybridized carbons (Fsp3) is 0.533. The lowest BCUT2D eigenvalue weighted by Gasteiger charge is -2.35. The minimum Gasteiger partial charge on any atom is -0.495 e. The van der Waals surface area contributed by atoms with Crippen LogP contribution < -0.4 is 15.0 Å². The number of likely N-dealkylation sites (N-methyl/N-ethyl adjacent to an activating group) is 1. The van der Waals surface area contributed by atoms with E-state index >= 15 is 0 Å². The van der Waals surface area contributed by atoms with Crippen molar-refractivity contribution in [3.63, 3.8) is 0 Å². The Morgan fingerprint density at radius 3 is 2.65 bits per heavy atom. The van der Waals surface area contributed by atoms with Gasteiger partial charge >= 0.3 is 0 Å². The lowest BCUT2D eigenvalue weighted by molar-refractivity contribution is 0.311. The number of nitrogens with one attached hydrogen (secondary N) is 1. The van der Waals surface area contributed by atoms with Crippen molar-refractivity contribution in [2.75, 3.05) is 58.3 Å². The molecule has 0 spiro atoms. The second-order valence-electron chi connectivity index (χ2n) is 5.30. The fourth-order valence-electron chi connectivity index (χ4n) is 2.81.